The van der Waals surface area contributed by atoms with Crippen LogP contribution in [0.25, 0.3) is 0 Å². The lowest BCUT2D eigenvalue weighted by atomic mass is 10.2. The van der Waals surface area contributed by atoms with Crippen molar-refractivity contribution in [2.24, 2.45) is 0 Å². The van der Waals surface area contributed by atoms with E-state index in [9.17, 15) is 4.79 Å². The van der Waals surface area contributed by atoms with Crippen molar-refractivity contribution in [2.75, 3.05) is 12.3 Å². The van der Waals surface area contributed by atoms with Gasteiger partial charge in [0.1, 0.15) is 0 Å². The Morgan fingerprint density at radius 2 is 1.95 bits per heavy atom. The number of ether oxygens (including phenoxy) is 1. The molecule has 21 heavy (non-hydrogen) atoms. The van der Waals surface area contributed by atoms with Gasteiger partial charge in [0.25, 0.3) is 0 Å². The van der Waals surface area contributed by atoms with Crippen LogP contribution in [0.15, 0.2) is 47.4 Å². The van der Waals surface area contributed by atoms with Gasteiger partial charge in [-0.3, -0.25) is 0 Å². The third-order valence-electron chi connectivity index (χ3n) is 2.83. The Hall–Kier alpha value is -1.65. The molecule has 0 amide bonds. The molecular formula is C16H16ClNO2S. The van der Waals surface area contributed by atoms with Crippen molar-refractivity contribution in [3.63, 3.8) is 0 Å². The second-order valence-electron chi connectivity index (χ2n) is 4.39. The van der Waals surface area contributed by atoms with E-state index in [1.54, 1.807) is 36.9 Å². The molecule has 110 valence electrons. The van der Waals surface area contributed by atoms with E-state index < -0.39 is 0 Å². The number of benzene rings is 2. The molecule has 0 heterocycles. The van der Waals surface area contributed by atoms with Gasteiger partial charge in [-0.15, -0.1) is 11.8 Å². The molecule has 0 radical (unpaired) electrons. The van der Waals surface area contributed by atoms with Crippen LogP contribution < -0.4 is 5.73 Å². The number of nitrogen functional groups attached to an aromatic ring is 1. The van der Waals surface area contributed by atoms with Gasteiger partial charge < -0.3 is 10.5 Å². The predicted octanol–water partition coefficient (Wildman–Crippen LogP) is 4.39. The number of rotatable bonds is 5. The second-order valence-corrected chi connectivity index (χ2v) is 5.84. The minimum atomic E-state index is -0.328. The summed E-state index contributed by atoms with van der Waals surface area (Å²) in [7, 11) is 0. The van der Waals surface area contributed by atoms with Crippen molar-refractivity contribution < 1.29 is 9.53 Å². The topological polar surface area (TPSA) is 52.3 Å². The van der Waals surface area contributed by atoms with Gasteiger partial charge in [-0.25, -0.2) is 4.79 Å². The van der Waals surface area contributed by atoms with Crippen LogP contribution in [0.3, 0.4) is 0 Å². The average Bonchev–Trinajstić information content (AvgIpc) is 2.48. The van der Waals surface area contributed by atoms with Crippen molar-refractivity contribution in [1.82, 2.24) is 0 Å². The fraction of sp³-hybridized carbons (Fsp3) is 0.188. The molecule has 0 aliphatic heterocycles. The lowest BCUT2D eigenvalue weighted by Crippen LogP contribution is -2.05. The zero-order valence-electron chi connectivity index (χ0n) is 11.6. The number of thioether (sulfide) groups is 1. The summed E-state index contributed by atoms with van der Waals surface area (Å²) in [4.78, 5) is 12.6. The van der Waals surface area contributed by atoms with Gasteiger partial charge in [0.15, 0.2) is 0 Å². The molecule has 0 atom stereocenters. The minimum absolute atomic E-state index is 0.328. The van der Waals surface area contributed by atoms with Gasteiger partial charge in [-0.1, -0.05) is 23.7 Å². The van der Waals surface area contributed by atoms with Crippen LogP contribution >= 0.6 is 23.4 Å². The molecule has 2 aromatic rings. The zero-order valence-corrected chi connectivity index (χ0v) is 13.2. The first-order valence-corrected chi connectivity index (χ1v) is 7.90. The lowest BCUT2D eigenvalue weighted by molar-refractivity contribution is 0.0526. The fourth-order valence-electron chi connectivity index (χ4n) is 1.74. The maximum absolute atomic E-state index is 11.7. The maximum atomic E-state index is 11.7. The van der Waals surface area contributed by atoms with Crippen LogP contribution in [0.1, 0.15) is 22.8 Å². The quantitative estimate of drug-likeness (QED) is 0.504. The Labute approximate surface area is 133 Å². The molecule has 0 unspecified atom stereocenters. The Balaban J connectivity index is 2.10. The standard InChI is InChI=1S/C16H16ClNO2S/c1-2-20-16(19)12-5-8-14(18)15(9-12)21-10-11-3-6-13(17)7-4-11/h3-9H,2,10,18H2,1H3. The molecule has 0 saturated heterocycles. The van der Waals surface area contributed by atoms with Crippen LogP contribution in [-0.4, -0.2) is 12.6 Å². The fourth-order valence-corrected chi connectivity index (χ4v) is 2.83. The van der Waals surface area contributed by atoms with Crippen molar-refractivity contribution in [3.8, 4) is 0 Å². The molecule has 0 spiro atoms. The smallest absolute Gasteiger partial charge is 0.338 e. The zero-order chi connectivity index (χ0) is 15.2. The highest BCUT2D eigenvalue weighted by Gasteiger charge is 2.09. The summed E-state index contributed by atoms with van der Waals surface area (Å²) in [6, 6.07) is 12.8. The van der Waals surface area contributed by atoms with E-state index in [1.165, 1.54) is 0 Å². The van der Waals surface area contributed by atoms with Crippen molar-refractivity contribution in [3.05, 3.63) is 58.6 Å². The molecule has 0 fully saturated rings. The van der Waals surface area contributed by atoms with E-state index >= 15 is 0 Å². The van der Waals surface area contributed by atoms with Crippen molar-refractivity contribution in [1.29, 1.82) is 0 Å². The maximum Gasteiger partial charge on any atom is 0.338 e. The summed E-state index contributed by atoms with van der Waals surface area (Å²) in [5.74, 6) is 0.430. The van der Waals surface area contributed by atoms with E-state index in [1.807, 2.05) is 24.3 Å². The number of carbonyl (C=O) groups is 1. The Kier molecular flexibility index (Phi) is 5.53. The Bertz CT molecular complexity index is 629. The first-order valence-electron chi connectivity index (χ1n) is 6.54. The molecule has 0 aliphatic rings. The third kappa shape index (κ3) is 4.41. The van der Waals surface area contributed by atoms with Gasteiger partial charge in [-0.2, -0.15) is 0 Å². The van der Waals surface area contributed by atoms with Gasteiger partial charge in [0.05, 0.1) is 12.2 Å². The molecule has 2 N–H and O–H groups in total. The molecule has 0 saturated carbocycles. The van der Waals surface area contributed by atoms with Crippen LogP contribution in [0.5, 0.6) is 0 Å². The number of nitrogens with two attached hydrogens (primary N) is 1. The number of carbonyl (C=O) groups excluding carboxylic acids is 1. The highest BCUT2D eigenvalue weighted by molar-refractivity contribution is 7.98. The predicted molar refractivity (Wildman–Crippen MR) is 87.8 cm³/mol. The largest absolute Gasteiger partial charge is 0.462 e. The molecule has 0 aromatic heterocycles. The van der Waals surface area contributed by atoms with Gasteiger partial charge in [-0.05, 0) is 42.8 Å². The van der Waals surface area contributed by atoms with Gasteiger partial charge >= 0.3 is 5.97 Å². The van der Waals surface area contributed by atoms with Gasteiger partial charge in [0.2, 0.25) is 0 Å². The third-order valence-corrected chi connectivity index (χ3v) is 4.23. The highest BCUT2D eigenvalue weighted by Crippen LogP contribution is 2.29. The summed E-state index contributed by atoms with van der Waals surface area (Å²) in [5.41, 5.74) is 8.27. The van der Waals surface area contributed by atoms with E-state index in [2.05, 4.69) is 0 Å². The highest BCUT2D eigenvalue weighted by atomic mass is 35.5. The summed E-state index contributed by atoms with van der Waals surface area (Å²) in [6.45, 7) is 2.14. The van der Waals surface area contributed by atoms with Crippen LogP contribution in [0.2, 0.25) is 5.02 Å². The van der Waals surface area contributed by atoms with E-state index in [0.29, 0.717) is 22.9 Å². The Morgan fingerprint density at radius 3 is 2.62 bits per heavy atom. The summed E-state index contributed by atoms with van der Waals surface area (Å²) in [5, 5.41) is 0.715. The van der Waals surface area contributed by atoms with Crippen LogP contribution in [0, 0.1) is 0 Å². The molecule has 5 heteroatoms. The Morgan fingerprint density at radius 1 is 1.24 bits per heavy atom. The molecule has 2 rings (SSSR count). The van der Waals surface area contributed by atoms with Gasteiger partial charge in [0, 0.05) is 21.4 Å². The molecule has 0 bridgehead atoms. The number of halogens is 1. The molecule has 3 nitrogen and oxygen atoms in total. The summed E-state index contributed by atoms with van der Waals surface area (Å²) in [6.07, 6.45) is 0. The van der Waals surface area contributed by atoms with Crippen molar-refractivity contribution >= 4 is 35.0 Å². The first-order chi connectivity index (χ1) is 10.1. The van der Waals surface area contributed by atoms with Crippen LogP contribution in [0.4, 0.5) is 5.69 Å². The summed E-state index contributed by atoms with van der Waals surface area (Å²) < 4.78 is 5.00. The van der Waals surface area contributed by atoms with Crippen LogP contribution in [-0.2, 0) is 10.5 Å². The number of esters is 1. The van der Waals surface area contributed by atoms with E-state index in [-0.39, 0.29) is 5.97 Å². The number of anilines is 1. The molecule has 0 aliphatic carbocycles. The lowest BCUT2D eigenvalue weighted by Gasteiger charge is -2.08. The van der Waals surface area contributed by atoms with Crippen molar-refractivity contribution in [2.45, 2.75) is 17.6 Å². The monoisotopic (exact) mass is 321 g/mol. The van der Waals surface area contributed by atoms with E-state index in [4.69, 9.17) is 22.1 Å². The average molecular weight is 322 g/mol. The normalized spacial score (nSPS) is 10.4. The minimum Gasteiger partial charge on any atom is -0.462 e. The first kappa shape index (κ1) is 15.7. The second kappa shape index (κ2) is 7.38. The molecule has 2 aromatic carbocycles. The van der Waals surface area contributed by atoms with E-state index in [0.717, 1.165) is 16.2 Å². The SMILES string of the molecule is CCOC(=O)c1ccc(N)c(SCc2ccc(Cl)cc2)c1. The summed E-state index contributed by atoms with van der Waals surface area (Å²) >= 11 is 7.44. The molecular weight excluding hydrogens is 306 g/mol. The number of hydrogen-bond donors (Lipinski definition) is 1. The number of hydrogen-bond acceptors (Lipinski definition) is 4.